The van der Waals surface area contributed by atoms with Crippen LogP contribution < -0.4 is 11.1 Å². The van der Waals surface area contributed by atoms with Gasteiger partial charge in [-0.2, -0.15) is 0 Å². The molecule has 0 bridgehead atoms. The molecule has 0 aromatic heterocycles. The lowest BCUT2D eigenvalue weighted by Gasteiger charge is -2.15. The number of nitrogen functional groups attached to an aromatic ring is 1. The van der Waals surface area contributed by atoms with E-state index in [-0.39, 0.29) is 18.2 Å². The smallest absolute Gasteiger partial charge is 0.257 e. The number of hydrogen-bond donors (Lipinski definition) is 3. The largest absolute Gasteiger partial charge is 0.396 e. The maximum Gasteiger partial charge on any atom is 0.257 e. The molecule has 18 heavy (non-hydrogen) atoms. The van der Waals surface area contributed by atoms with Crippen molar-refractivity contribution < 1.29 is 18.7 Å². The van der Waals surface area contributed by atoms with Crippen molar-refractivity contribution in [3.63, 3.8) is 0 Å². The van der Waals surface area contributed by atoms with Crippen LogP contribution in [0.5, 0.6) is 0 Å². The van der Waals surface area contributed by atoms with Crippen LogP contribution in [0, 0.1) is 17.6 Å². The third-order valence-electron chi connectivity index (χ3n) is 2.59. The van der Waals surface area contributed by atoms with Gasteiger partial charge in [-0.15, -0.1) is 0 Å². The van der Waals surface area contributed by atoms with Crippen LogP contribution in [0.25, 0.3) is 0 Å². The molecule has 1 atom stereocenters. The van der Waals surface area contributed by atoms with E-state index in [9.17, 15) is 18.7 Å². The summed E-state index contributed by atoms with van der Waals surface area (Å²) >= 11 is 0. The average molecular weight is 258 g/mol. The number of aliphatic hydroxyl groups is 1. The number of amides is 1. The van der Waals surface area contributed by atoms with E-state index in [0.29, 0.717) is 0 Å². The fourth-order valence-electron chi connectivity index (χ4n) is 1.30. The van der Waals surface area contributed by atoms with Crippen molar-refractivity contribution >= 4 is 11.6 Å². The SMILES string of the molecule is CC(C)C(O)CNC(=O)c1c(F)ccc(N)c1F. The molecule has 1 aromatic rings. The quantitative estimate of drug-likeness (QED) is 0.712. The Balaban J connectivity index is 2.82. The molecule has 0 saturated heterocycles. The van der Waals surface area contributed by atoms with Gasteiger partial charge in [0.05, 0.1) is 11.8 Å². The van der Waals surface area contributed by atoms with Gasteiger partial charge in [0, 0.05) is 6.54 Å². The summed E-state index contributed by atoms with van der Waals surface area (Å²) in [4.78, 5) is 11.6. The third-order valence-corrected chi connectivity index (χ3v) is 2.59. The summed E-state index contributed by atoms with van der Waals surface area (Å²) in [6, 6.07) is 1.97. The van der Waals surface area contributed by atoms with Crippen LogP contribution in [0.2, 0.25) is 0 Å². The van der Waals surface area contributed by atoms with Gasteiger partial charge in [-0.05, 0) is 18.1 Å². The lowest BCUT2D eigenvalue weighted by molar-refractivity contribution is 0.0864. The molecular weight excluding hydrogens is 242 g/mol. The molecule has 100 valence electrons. The second kappa shape index (κ2) is 5.77. The molecule has 0 heterocycles. The zero-order chi connectivity index (χ0) is 13.9. The van der Waals surface area contributed by atoms with Gasteiger partial charge in [-0.3, -0.25) is 4.79 Å². The molecule has 1 amide bonds. The highest BCUT2D eigenvalue weighted by Gasteiger charge is 2.20. The van der Waals surface area contributed by atoms with E-state index in [1.807, 2.05) is 0 Å². The van der Waals surface area contributed by atoms with Crippen molar-refractivity contribution in [2.45, 2.75) is 20.0 Å². The van der Waals surface area contributed by atoms with Crippen LogP contribution >= 0.6 is 0 Å². The summed E-state index contributed by atoms with van der Waals surface area (Å²) in [6.07, 6.45) is -0.777. The minimum absolute atomic E-state index is 0.0687. The van der Waals surface area contributed by atoms with Crippen LogP contribution in [-0.2, 0) is 0 Å². The summed E-state index contributed by atoms with van der Waals surface area (Å²) in [5.74, 6) is -3.08. The predicted octanol–water partition coefficient (Wildman–Crippen LogP) is 1.29. The highest BCUT2D eigenvalue weighted by atomic mass is 19.1. The van der Waals surface area contributed by atoms with Crippen molar-refractivity contribution in [1.29, 1.82) is 0 Å². The Morgan fingerprint density at radius 1 is 1.44 bits per heavy atom. The molecular formula is C12H16F2N2O2. The Morgan fingerprint density at radius 2 is 2.06 bits per heavy atom. The van der Waals surface area contributed by atoms with E-state index in [2.05, 4.69) is 5.32 Å². The Hall–Kier alpha value is -1.69. The molecule has 0 aliphatic rings. The van der Waals surface area contributed by atoms with Crippen molar-refractivity contribution in [3.05, 3.63) is 29.3 Å². The Morgan fingerprint density at radius 3 is 2.61 bits per heavy atom. The summed E-state index contributed by atoms with van der Waals surface area (Å²) in [6.45, 7) is 3.45. The molecule has 1 rings (SSSR count). The van der Waals surface area contributed by atoms with Gasteiger partial charge in [-0.1, -0.05) is 13.8 Å². The van der Waals surface area contributed by atoms with Crippen LogP contribution in [0.1, 0.15) is 24.2 Å². The molecule has 1 unspecified atom stereocenters. The molecule has 1 aromatic carbocycles. The Kier molecular flexibility index (Phi) is 4.61. The molecule has 0 fully saturated rings. The number of rotatable bonds is 4. The van der Waals surface area contributed by atoms with Crippen molar-refractivity contribution in [3.8, 4) is 0 Å². The molecule has 0 aliphatic heterocycles. The van der Waals surface area contributed by atoms with Crippen LogP contribution in [0.15, 0.2) is 12.1 Å². The molecule has 4 N–H and O–H groups in total. The number of nitrogens with two attached hydrogens (primary N) is 1. The normalized spacial score (nSPS) is 12.6. The predicted molar refractivity (Wildman–Crippen MR) is 63.9 cm³/mol. The standard InChI is InChI=1S/C12H16F2N2O2/c1-6(2)9(17)5-16-12(18)10-7(13)3-4-8(15)11(10)14/h3-4,6,9,17H,5,15H2,1-2H3,(H,16,18). The number of benzene rings is 1. The molecule has 6 heteroatoms. The first kappa shape index (κ1) is 14.4. The lowest BCUT2D eigenvalue weighted by atomic mass is 10.1. The van der Waals surface area contributed by atoms with Crippen LogP contribution in [-0.4, -0.2) is 23.7 Å². The second-order valence-electron chi connectivity index (χ2n) is 4.35. The van der Waals surface area contributed by atoms with Crippen LogP contribution in [0.4, 0.5) is 14.5 Å². The maximum absolute atomic E-state index is 13.5. The lowest BCUT2D eigenvalue weighted by Crippen LogP contribution is -2.35. The fourth-order valence-corrected chi connectivity index (χ4v) is 1.30. The van der Waals surface area contributed by atoms with Crippen molar-refractivity contribution in [1.82, 2.24) is 5.32 Å². The average Bonchev–Trinajstić information content (AvgIpc) is 2.31. The number of aliphatic hydroxyl groups excluding tert-OH is 1. The van der Waals surface area contributed by atoms with E-state index in [0.717, 1.165) is 12.1 Å². The Bertz CT molecular complexity index is 450. The van der Waals surface area contributed by atoms with Gasteiger partial charge in [0.1, 0.15) is 11.4 Å². The topological polar surface area (TPSA) is 75.3 Å². The summed E-state index contributed by atoms with van der Waals surface area (Å²) in [7, 11) is 0. The first-order valence-corrected chi connectivity index (χ1v) is 5.54. The molecule has 0 aliphatic carbocycles. The number of anilines is 1. The molecule has 4 nitrogen and oxygen atoms in total. The molecule has 0 radical (unpaired) electrons. The first-order chi connectivity index (χ1) is 8.34. The van der Waals surface area contributed by atoms with E-state index in [4.69, 9.17) is 5.73 Å². The Labute approximate surface area is 104 Å². The number of hydrogen-bond acceptors (Lipinski definition) is 3. The summed E-state index contributed by atoms with van der Waals surface area (Å²) < 4.78 is 26.9. The summed E-state index contributed by atoms with van der Waals surface area (Å²) in [5.41, 5.74) is 4.23. The third kappa shape index (κ3) is 3.16. The second-order valence-corrected chi connectivity index (χ2v) is 4.35. The van der Waals surface area contributed by atoms with Crippen molar-refractivity contribution in [2.24, 2.45) is 5.92 Å². The number of halogens is 2. The number of carbonyl (C=O) groups excluding carboxylic acids is 1. The van der Waals surface area contributed by atoms with Gasteiger partial charge in [0.25, 0.3) is 5.91 Å². The minimum atomic E-state index is -1.09. The summed E-state index contributed by atoms with van der Waals surface area (Å²) in [5, 5.41) is 11.8. The zero-order valence-electron chi connectivity index (χ0n) is 10.2. The van der Waals surface area contributed by atoms with Gasteiger partial charge in [0.15, 0.2) is 5.82 Å². The van der Waals surface area contributed by atoms with Gasteiger partial charge < -0.3 is 16.2 Å². The van der Waals surface area contributed by atoms with Gasteiger partial charge >= 0.3 is 0 Å². The highest BCUT2D eigenvalue weighted by molar-refractivity contribution is 5.95. The number of nitrogens with one attached hydrogen (secondary N) is 1. The van der Waals surface area contributed by atoms with E-state index in [1.165, 1.54) is 0 Å². The zero-order valence-corrected chi connectivity index (χ0v) is 10.2. The fraction of sp³-hybridized carbons (Fsp3) is 0.417. The first-order valence-electron chi connectivity index (χ1n) is 5.54. The van der Waals surface area contributed by atoms with E-state index in [1.54, 1.807) is 13.8 Å². The van der Waals surface area contributed by atoms with Crippen molar-refractivity contribution in [2.75, 3.05) is 12.3 Å². The monoisotopic (exact) mass is 258 g/mol. The number of carbonyl (C=O) groups is 1. The molecule has 0 spiro atoms. The maximum atomic E-state index is 13.5. The minimum Gasteiger partial charge on any atom is -0.396 e. The molecule has 0 saturated carbocycles. The van der Waals surface area contributed by atoms with Crippen LogP contribution in [0.3, 0.4) is 0 Å². The van der Waals surface area contributed by atoms with E-state index >= 15 is 0 Å². The highest BCUT2D eigenvalue weighted by Crippen LogP contribution is 2.18. The van der Waals surface area contributed by atoms with Gasteiger partial charge in [0.2, 0.25) is 0 Å². The van der Waals surface area contributed by atoms with E-state index < -0.39 is 29.2 Å². The van der Waals surface area contributed by atoms with Gasteiger partial charge in [-0.25, -0.2) is 8.78 Å².